The second-order valence-electron chi connectivity index (χ2n) is 7.03. The van der Waals surface area contributed by atoms with Gasteiger partial charge < -0.3 is 18.9 Å². The van der Waals surface area contributed by atoms with E-state index in [2.05, 4.69) is 0 Å². The number of carbonyl (C=O) groups excluding carboxylic acids is 4. The van der Waals surface area contributed by atoms with Crippen molar-refractivity contribution in [1.82, 2.24) is 0 Å². The molecule has 8 nitrogen and oxygen atoms in total. The topological polar surface area (TPSA) is 105 Å². The number of carbonyl (C=O) groups is 4. The highest BCUT2D eigenvalue weighted by molar-refractivity contribution is 5.89. The van der Waals surface area contributed by atoms with E-state index in [1.807, 2.05) is 0 Å². The van der Waals surface area contributed by atoms with Gasteiger partial charge in [0, 0.05) is 0 Å². The van der Waals surface area contributed by atoms with E-state index < -0.39 is 36.1 Å². The first kappa shape index (κ1) is 24.6. The fourth-order valence-electron chi connectivity index (χ4n) is 2.51. The monoisotopic (exact) mass is 442 g/mol. The van der Waals surface area contributed by atoms with Crippen LogP contribution in [0.15, 0.2) is 60.7 Å². The smallest absolute Gasteiger partial charge is 0.338 e. The quantitative estimate of drug-likeness (QED) is 0.385. The molecule has 0 saturated heterocycles. The number of ether oxygens (including phenoxy) is 4. The molecule has 0 amide bonds. The van der Waals surface area contributed by atoms with E-state index in [9.17, 15) is 19.2 Å². The van der Waals surface area contributed by atoms with Gasteiger partial charge in [-0.05, 0) is 38.1 Å². The van der Waals surface area contributed by atoms with E-state index in [1.54, 1.807) is 74.5 Å². The molecule has 0 heterocycles. The van der Waals surface area contributed by atoms with E-state index in [0.29, 0.717) is 11.1 Å². The Balaban J connectivity index is 1.60. The van der Waals surface area contributed by atoms with Crippen LogP contribution in [0.1, 0.15) is 47.4 Å². The lowest BCUT2D eigenvalue weighted by Crippen LogP contribution is -2.24. The minimum absolute atomic E-state index is 0.103. The molecule has 0 aliphatic carbocycles. The predicted octanol–water partition coefficient (Wildman–Crippen LogP) is 3.34. The SMILES string of the molecule is CC(COC(=O)c1ccccc1)OC(=O)CCC(=O)OCC(C)OC(=O)c1ccccc1. The van der Waals surface area contributed by atoms with Gasteiger partial charge in [0.25, 0.3) is 0 Å². The van der Waals surface area contributed by atoms with Crippen molar-refractivity contribution in [3.63, 3.8) is 0 Å². The lowest BCUT2D eigenvalue weighted by Gasteiger charge is -2.15. The van der Waals surface area contributed by atoms with E-state index in [0.717, 1.165) is 0 Å². The van der Waals surface area contributed by atoms with Gasteiger partial charge in [-0.1, -0.05) is 36.4 Å². The first-order valence-corrected chi connectivity index (χ1v) is 10.2. The van der Waals surface area contributed by atoms with Crippen LogP contribution in [-0.4, -0.2) is 49.3 Å². The number of esters is 4. The molecule has 2 rings (SSSR count). The predicted molar refractivity (Wildman–Crippen MR) is 114 cm³/mol. The minimum Gasteiger partial charge on any atom is -0.462 e. The van der Waals surface area contributed by atoms with E-state index in [4.69, 9.17) is 18.9 Å². The fraction of sp³-hybridized carbons (Fsp3) is 0.333. The molecule has 0 aromatic heterocycles. The summed E-state index contributed by atoms with van der Waals surface area (Å²) in [6.45, 7) is 2.95. The van der Waals surface area contributed by atoms with E-state index >= 15 is 0 Å². The van der Waals surface area contributed by atoms with Gasteiger partial charge >= 0.3 is 23.9 Å². The minimum atomic E-state index is -0.663. The second-order valence-corrected chi connectivity index (χ2v) is 7.03. The molecule has 0 saturated carbocycles. The number of rotatable bonds is 11. The van der Waals surface area contributed by atoms with Crippen molar-refractivity contribution >= 4 is 23.9 Å². The Morgan fingerprint density at radius 1 is 0.625 bits per heavy atom. The Labute approximate surface area is 186 Å². The zero-order valence-corrected chi connectivity index (χ0v) is 18.0. The third kappa shape index (κ3) is 8.99. The molecule has 0 aliphatic rings. The van der Waals surface area contributed by atoms with Crippen molar-refractivity contribution in [1.29, 1.82) is 0 Å². The third-order valence-electron chi connectivity index (χ3n) is 4.12. The summed E-state index contributed by atoms with van der Waals surface area (Å²) in [4.78, 5) is 47.5. The zero-order chi connectivity index (χ0) is 23.3. The summed E-state index contributed by atoms with van der Waals surface area (Å²) >= 11 is 0. The zero-order valence-electron chi connectivity index (χ0n) is 18.0. The normalized spacial score (nSPS) is 12.2. The maximum atomic E-state index is 11.9. The van der Waals surface area contributed by atoms with Crippen molar-refractivity contribution in [2.45, 2.75) is 38.9 Å². The molecule has 0 radical (unpaired) electrons. The summed E-state index contributed by atoms with van der Waals surface area (Å²) in [6.07, 6.45) is -1.68. The van der Waals surface area contributed by atoms with Crippen molar-refractivity contribution in [2.75, 3.05) is 13.2 Å². The third-order valence-corrected chi connectivity index (χ3v) is 4.12. The summed E-state index contributed by atoms with van der Waals surface area (Å²) < 4.78 is 20.4. The highest BCUT2D eigenvalue weighted by atomic mass is 16.6. The average Bonchev–Trinajstić information content (AvgIpc) is 2.81. The number of hydrogen-bond donors (Lipinski definition) is 0. The van der Waals surface area contributed by atoms with Crippen LogP contribution in [0, 0.1) is 0 Å². The van der Waals surface area contributed by atoms with E-state index in [1.165, 1.54) is 0 Å². The summed E-state index contributed by atoms with van der Waals surface area (Å²) in [5, 5.41) is 0. The van der Waals surface area contributed by atoms with Gasteiger partial charge in [0.1, 0.15) is 25.4 Å². The molecule has 0 aliphatic heterocycles. The molecule has 170 valence electrons. The van der Waals surface area contributed by atoms with Crippen LogP contribution in [0.5, 0.6) is 0 Å². The van der Waals surface area contributed by atoms with Crippen molar-refractivity contribution < 1.29 is 38.1 Å². The summed E-state index contributed by atoms with van der Waals surface area (Å²) in [5.74, 6) is -2.26. The van der Waals surface area contributed by atoms with Gasteiger partial charge in [0.05, 0.1) is 24.0 Å². The average molecular weight is 442 g/mol. The largest absolute Gasteiger partial charge is 0.462 e. The molecule has 2 atom stereocenters. The Morgan fingerprint density at radius 2 is 1.09 bits per heavy atom. The van der Waals surface area contributed by atoms with Crippen LogP contribution in [0.4, 0.5) is 0 Å². The van der Waals surface area contributed by atoms with Crippen LogP contribution in [-0.2, 0) is 28.5 Å². The number of hydrogen-bond acceptors (Lipinski definition) is 8. The van der Waals surface area contributed by atoms with Gasteiger partial charge in [0.15, 0.2) is 0 Å². The molecule has 8 heteroatoms. The Bertz CT molecular complexity index is 895. The van der Waals surface area contributed by atoms with Gasteiger partial charge in [-0.2, -0.15) is 0 Å². The fourth-order valence-corrected chi connectivity index (χ4v) is 2.51. The van der Waals surface area contributed by atoms with Crippen molar-refractivity contribution in [3.8, 4) is 0 Å². The molecule has 0 spiro atoms. The van der Waals surface area contributed by atoms with Crippen LogP contribution in [0.25, 0.3) is 0 Å². The van der Waals surface area contributed by atoms with Crippen LogP contribution in [0.3, 0.4) is 0 Å². The Morgan fingerprint density at radius 3 is 1.69 bits per heavy atom. The van der Waals surface area contributed by atoms with Gasteiger partial charge in [-0.3, -0.25) is 9.59 Å². The standard InChI is InChI=1S/C24H26O8/c1-17(16-30-23(27)19-9-5-3-6-10-19)31-22(26)14-13-21(25)29-15-18(2)32-24(28)20-11-7-4-8-12-20/h3-12,17-18H,13-16H2,1-2H3. The Kier molecular flexibility index (Phi) is 9.90. The molecule has 0 fully saturated rings. The van der Waals surface area contributed by atoms with Gasteiger partial charge in [-0.15, -0.1) is 0 Å². The second kappa shape index (κ2) is 12.9. The summed E-state index contributed by atoms with van der Waals surface area (Å²) in [7, 11) is 0. The highest BCUT2D eigenvalue weighted by Gasteiger charge is 2.17. The number of benzene rings is 2. The van der Waals surface area contributed by atoms with Crippen LogP contribution in [0.2, 0.25) is 0 Å². The molecular formula is C24H26O8. The lowest BCUT2D eigenvalue weighted by molar-refractivity contribution is -0.155. The molecule has 0 bridgehead atoms. The molecule has 2 aromatic rings. The lowest BCUT2D eigenvalue weighted by atomic mass is 10.2. The molecule has 0 N–H and O–H groups in total. The Hall–Kier alpha value is -3.68. The van der Waals surface area contributed by atoms with Gasteiger partial charge in [-0.25, -0.2) is 9.59 Å². The maximum Gasteiger partial charge on any atom is 0.338 e. The van der Waals surface area contributed by atoms with Crippen molar-refractivity contribution in [3.05, 3.63) is 71.8 Å². The van der Waals surface area contributed by atoms with Crippen LogP contribution < -0.4 is 0 Å². The maximum absolute atomic E-state index is 11.9. The summed E-state index contributed by atoms with van der Waals surface area (Å²) in [6, 6.07) is 16.9. The van der Waals surface area contributed by atoms with Crippen LogP contribution >= 0.6 is 0 Å². The highest BCUT2D eigenvalue weighted by Crippen LogP contribution is 2.06. The summed E-state index contributed by atoms with van der Waals surface area (Å²) in [5.41, 5.74) is 0.800. The first-order valence-electron chi connectivity index (χ1n) is 10.2. The molecular weight excluding hydrogens is 416 g/mol. The molecule has 32 heavy (non-hydrogen) atoms. The first-order chi connectivity index (χ1) is 15.3. The van der Waals surface area contributed by atoms with Crippen molar-refractivity contribution in [2.24, 2.45) is 0 Å². The van der Waals surface area contributed by atoms with Gasteiger partial charge in [0.2, 0.25) is 0 Å². The van der Waals surface area contributed by atoms with E-state index in [-0.39, 0.29) is 26.1 Å². The molecule has 2 aromatic carbocycles. The molecule has 2 unspecified atom stereocenters.